The number of rotatable bonds is 10. The Bertz CT molecular complexity index is 1570. The molecule has 2 fully saturated rings. The van der Waals surface area contributed by atoms with Gasteiger partial charge in [0.15, 0.2) is 11.0 Å². The van der Waals surface area contributed by atoms with Crippen LogP contribution in [0.4, 0.5) is 0 Å². The third-order valence-corrected chi connectivity index (χ3v) is 10.9. The van der Waals surface area contributed by atoms with E-state index in [0.717, 1.165) is 0 Å². The summed E-state index contributed by atoms with van der Waals surface area (Å²) in [6.45, 7) is 1.22. The molecule has 40 heavy (non-hydrogen) atoms. The van der Waals surface area contributed by atoms with Crippen molar-refractivity contribution < 1.29 is 36.0 Å². The molecule has 3 aromatic rings. The van der Waals surface area contributed by atoms with Crippen LogP contribution in [0, 0.1) is 0 Å². The summed E-state index contributed by atoms with van der Waals surface area (Å²) in [4.78, 5) is 0.0755. The SMILES string of the molecule is CNS(=O)(=O)c1cccc(OC[C@@H](O)CNC2COC3(CCN(S(=O)(=O)c4ccc(Cl)c5nonc45)CC3)C2)c1. The van der Waals surface area contributed by atoms with E-state index in [-0.39, 0.29) is 58.1 Å². The zero-order valence-corrected chi connectivity index (χ0v) is 24.0. The maximum atomic E-state index is 13.4. The smallest absolute Gasteiger partial charge is 0.245 e. The van der Waals surface area contributed by atoms with Crippen LogP contribution in [-0.4, -0.2) is 94.2 Å². The molecule has 0 amide bonds. The van der Waals surface area contributed by atoms with Gasteiger partial charge in [-0.15, -0.1) is 0 Å². The van der Waals surface area contributed by atoms with E-state index < -0.39 is 31.8 Å². The Morgan fingerprint density at radius 1 is 1.18 bits per heavy atom. The standard InChI is InChI=1S/C24H30ClN5O8S2/c1-26-39(32,33)19-4-2-3-18(11-19)36-15-17(31)13-27-16-12-24(37-14-16)7-9-30(10-8-24)40(34,35)21-6-5-20(25)22-23(21)29-38-28-22/h2-6,11,16-17,26-27,31H,7-10,12-15H2,1H3/t16?,17-/m0/s1. The summed E-state index contributed by atoms with van der Waals surface area (Å²) in [6, 6.07) is 8.90. The van der Waals surface area contributed by atoms with Crippen molar-refractivity contribution >= 4 is 42.7 Å². The van der Waals surface area contributed by atoms with E-state index in [1.807, 2.05) is 0 Å². The van der Waals surface area contributed by atoms with Crippen LogP contribution in [0.2, 0.25) is 5.02 Å². The lowest BCUT2D eigenvalue weighted by Gasteiger charge is -2.38. The molecular formula is C24H30ClN5O8S2. The van der Waals surface area contributed by atoms with Gasteiger partial charge in [0, 0.05) is 31.7 Å². The molecule has 16 heteroatoms. The van der Waals surface area contributed by atoms with Gasteiger partial charge in [0.2, 0.25) is 20.0 Å². The fraction of sp³-hybridized carbons (Fsp3) is 0.500. The van der Waals surface area contributed by atoms with Gasteiger partial charge in [-0.25, -0.2) is 26.2 Å². The van der Waals surface area contributed by atoms with Crippen LogP contribution in [0.3, 0.4) is 0 Å². The average molecular weight is 616 g/mol. The second-order valence-corrected chi connectivity index (χ2v) is 14.1. The first-order valence-corrected chi connectivity index (χ1v) is 16.0. The number of hydrogen-bond acceptors (Lipinski definition) is 11. The number of fused-ring (bicyclic) bond motifs is 1. The Morgan fingerprint density at radius 3 is 2.67 bits per heavy atom. The summed E-state index contributed by atoms with van der Waals surface area (Å²) in [5.74, 6) is 0.333. The number of halogens is 1. The van der Waals surface area contributed by atoms with Gasteiger partial charge in [0.1, 0.15) is 23.4 Å². The molecule has 1 aromatic heterocycles. The Kier molecular flexibility index (Phi) is 8.37. The number of hydrogen-bond donors (Lipinski definition) is 3. The fourth-order valence-electron chi connectivity index (χ4n) is 5.02. The number of nitrogens with one attached hydrogen (secondary N) is 2. The molecule has 0 bridgehead atoms. The van der Waals surface area contributed by atoms with Crippen molar-refractivity contribution in [3.63, 3.8) is 0 Å². The minimum atomic E-state index is -3.84. The van der Waals surface area contributed by atoms with E-state index in [4.69, 9.17) is 25.7 Å². The number of ether oxygens (including phenoxy) is 2. The molecule has 0 aliphatic carbocycles. The van der Waals surface area contributed by atoms with Crippen LogP contribution in [0.15, 0.2) is 50.8 Å². The average Bonchev–Trinajstić information content (AvgIpc) is 3.59. The van der Waals surface area contributed by atoms with Crippen molar-refractivity contribution in [1.82, 2.24) is 24.7 Å². The van der Waals surface area contributed by atoms with Gasteiger partial charge in [0.05, 0.1) is 22.1 Å². The predicted molar refractivity (Wildman–Crippen MR) is 144 cm³/mol. The Hall–Kier alpha value is -2.37. The van der Waals surface area contributed by atoms with Gasteiger partial charge in [-0.2, -0.15) is 4.31 Å². The van der Waals surface area contributed by atoms with Crippen molar-refractivity contribution in [1.29, 1.82) is 0 Å². The first-order chi connectivity index (χ1) is 19.0. The first-order valence-electron chi connectivity index (χ1n) is 12.7. The molecule has 0 radical (unpaired) electrons. The Labute approximate surface area is 236 Å². The summed E-state index contributed by atoms with van der Waals surface area (Å²) in [5.41, 5.74) is -0.144. The van der Waals surface area contributed by atoms with Crippen LogP contribution < -0.4 is 14.8 Å². The van der Waals surface area contributed by atoms with Gasteiger partial charge < -0.3 is 19.9 Å². The van der Waals surface area contributed by atoms with Crippen molar-refractivity contribution in [2.75, 3.05) is 39.9 Å². The normalized spacial score (nSPS) is 20.7. The van der Waals surface area contributed by atoms with Gasteiger partial charge in [-0.3, -0.25) is 0 Å². The van der Waals surface area contributed by atoms with E-state index in [9.17, 15) is 21.9 Å². The number of sulfonamides is 2. The highest BCUT2D eigenvalue weighted by Crippen LogP contribution is 2.38. The Morgan fingerprint density at radius 2 is 1.93 bits per heavy atom. The maximum Gasteiger partial charge on any atom is 0.245 e. The molecule has 13 nitrogen and oxygen atoms in total. The number of nitrogens with zero attached hydrogens (tertiary/aromatic N) is 3. The largest absolute Gasteiger partial charge is 0.491 e. The highest BCUT2D eigenvalue weighted by atomic mass is 35.5. The zero-order valence-electron chi connectivity index (χ0n) is 21.6. The van der Waals surface area contributed by atoms with E-state index in [0.29, 0.717) is 31.6 Å². The molecular weight excluding hydrogens is 586 g/mol. The minimum absolute atomic E-state index is 0.00238. The van der Waals surface area contributed by atoms with E-state index in [1.54, 1.807) is 12.1 Å². The topological polar surface area (TPSA) is 173 Å². The molecule has 2 saturated heterocycles. The van der Waals surface area contributed by atoms with Crippen molar-refractivity contribution in [2.24, 2.45) is 0 Å². The lowest BCUT2D eigenvalue weighted by Crippen LogP contribution is -2.47. The van der Waals surface area contributed by atoms with Crippen LogP contribution in [0.25, 0.3) is 11.0 Å². The predicted octanol–water partition coefficient (Wildman–Crippen LogP) is 1.13. The fourth-order valence-corrected chi connectivity index (χ4v) is 7.53. The van der Waals surface area contributed by atoms with E-state index >= 15 is 0 Å². The van der Waals surface area contributed by atoms with E-state index in [1.165, 1.54) is 35.6 Å². The molecule has 2 aromatic carbocycles. The second-order valence-electron chi connectivity index (χ2n) is 9.86. The van der Waals surface area contributed by atoms with Gasteiger partial charge >= 0.3 is 0 Å². The molecule has 5 rings (SSSR count). The summed E-state index contributed by atoms with van der Waals surface area (Å²) < 4.78 is 70.7. The highest BCUT2D eigenvalue weighted by molar-refractivity contribution is 7.89. The van der Waals surface area contributed by atoms with Crippen LogP contribution >= 0.6 is 11.6 Å². The van der Waals surface area contributed by atoms with Crippen molar-refractivity contribution in [3.8, 4) is 5.75 Å². The summed E-state index contributed by atoms with van der Waals surface area (Å²) in [5, 5.41) is 21.4. The molecule has 3 N–H and O–H groups in total. The number of piperidine rings is 1. The lowest BCUT2D eigenvalue weighted by molar-refractivity contribution is -0.0312. The number of aromatic nitrogens is 2. The first kappa shape index (κ1) is 29.1. The third-order valence-electron chi connectivity index (χ3n) is 7.26. The van der Waals surface area contributed by atoms with Gasteiger partial charge in [0.25, 0.3) is 0 Å². The molecule has 2 atom stereocenters. The third kappa shape index (κ3) is 5.97. The monoisotopic (exact) mass is 615 g/mol. The number of aliphatic hydroxyl groups excluding tert-OH is 1. The molecule has 1 spiro atoms. The molecule has 3 heterocycles. The van der Waals surface area contributed by atoms with Crippen molar-refractivity contribution in [2.45, 2.75) is 46.8 Å². The Balaban J connectivity index is 1.10. The van der Waals surface area contributed by atoms with Gasteiger partial charge in [-0.05, 0) is 60.9 Å². The summed E-state index contributed by atoms with van der Waals surface area (Å²) in [6.07, 6.45) is 0.887. The van der Waals surface area contributed by atoms with Gasteiger partial charge in [-0.1, -0.05) is 17.7 Å². The van der Waals surface area contributed by atoms with E-state index in [2.05, 4.69) is 20.4 Å². The molecule has 0 saturated carbocycles. The number of benzene rings is 2. The molecule has 2 aliphatic rings. The molecule has 2 aliphatic heterocycles. The zero-order chi connectivity index (χ0) is 28.5. The lowest BCUT2D eigenvalue weighted by atomic mass is 9.88. The minimum Gasteiger partial charge on any atom is -0.491 e. The van der Waals surface area contributed by atoms with Crippen LogP contribution in [0.1, 0.15) is 19.3 Å². The van der Waals surface area contributed by atoms with Crippen molar-refractivity contribution in [3.05, 3.63) is 41.4 Å². The highest BCUT2D eigenvalue weighted by Gasteiger charge is 2.45. The summed E-state index contributed by atoms with van der Waals surface area (Å²) >= 11 is 6.08. The quantitative estimate of drug-likeness (QED) is 0.298. The maximum absolute atomic E-state index is 13.4. The van der Waals surface area contributed by atoms with Crippen LogP contribution in [-0.2, 0) is 24.8 Å². The van der Waals surface area contributed by atoms with Crippen LogP contribution in [0.5, 0.6) is 5.75 Å². The molecule has 218 valence electrons. The summed E-state index contributed by atoms with van der Waals surface area (Å²) in [7, 11) is -6.11. The number of aliphatic hydroxyl groups is 1. The second kappa shape index (κ2) is 11.5. The molecule has 1 unspecified atom stereocenters.